The Kier molecular flexibility index (Phi) is 8.73. The Morgan fingerprint density at radius 1 is 0.886 bits per heavy atom. The number of amides is 1. The molecule has 7 heteroatoms. The zero-order valence-corrected chi connectivity index (χ0v) is 21.0. The molecule has 3 aromatic rings. The fraction of sp³-hybridized carbons (Fsp3) is 0.286. The molecule has 3 aromatic carbocycles. The molecule has 1 N–H and O–H groups in total. The molecule has 0 bridgehead atoms. The van der Waals surface area contributed by atoms with Crippen molar-refractivity contribution < 1.29 is 23.7 Å². The lowest BCUT2D eigenvalue weighted by molar-refractivity contribution is 0.0955. The Hall–Kier alpha value is -4.00. The van der Waals surface area contributed by atoms with Crippen molar-refractivity contribution >= 4 is 12.1 Å². The van der Waals surface area contributed by atoms with Crippen LogP contribution in [0.15, 0.2) is 59.7 Å². The number of nitrogens with zero attached hydrogens (tertiary/aromatic N) is 1. The van der Waals surface area contributed by atoms with Crippen molar-refractivity contribution in [2.45, 2.75) is 33.3 Å². The second-order valence-electron chi connectivity index (χ2n) is 8.33. The van der Waals surface area contributed by atoms with E-state index in [1.807, 2.05) is 19.1 Å². The average Bonchev–Trinajstić information content (AvgIpc) is 2.87. The van der Waals surface area contributed by atoms with E-state index in [4.69, 9.17) is 18.9 Å². The van der Waals surface area contributed by atoms with Gasteiger partial charge in [-0.15, -0.1) is 0 Å². The summed E-state index contributed by atoms with van der Waals surface area (Å²) in [5.74, 6) is 2.55. The van der Waals surface area contributed by atoms with E-state index in [1.54, 1.807) is 45.6 Å². The molecule has 0 saturated heterocycles. The van der Waals surface area contributed by atoms with E-state index in [-0.39, 0.29) is 5.91 Å². The number of hydrazone groups is 1. The van der Waals surface area contributed by atoms with Crippen molar-refractivity contribution in [2.24, 2.45) is 5.10 Å². The summed E-state index contributed by atoms with van der Waals surface area (Å²) in [6.07, 6.45) is 1.50. The molecule has 0 saturated carbocycles. The van der Waals surface area contributed by atoms with Crippen LogP contribution in [0.25, 0.3) is 0 Å². The number of benzene rings is 3. The molecular formula is C28H32N2O5. The molecule has 7 nitrogen and oxygen atoms in total. The fourth-order valence-electron chi connectivity index (χ4n) is 3.54. The van der Waals surface area contributed by atoms with E-state index < -0.39 is 0 Å². The van der Waals surface area contributed by atoms with E-state index >= 15 is 0 Å². The quantitative estimate of drug-likeness (QED) is 0.309. The third-order valence-electron chi connectivity index (χ3n) is 5.51. The molecule has 0 fully saturated rings. The highest BCUT2D eigenvalue weighted by atomic mass is 16.5. The Morgan fingerprint density at radius 3 is 2.17 bits per heavy atom. The van der Waals surface area contributed by atoms with E-state index in [0.717, 1.165) is 16.9 Å². The molecule has 0 atom stereocenters. The lowest BCUT2D eigenvalue weighted by atomic mass is 10.0. The number of carbonyl (C=O) groups is 1. The van der Waals surface area contributed by atoms with Gasteiger partial charge >= 0.3 is 0 Å². The SMILES string of the molecule is COc1cc(OC)c(OC)cc1/C=N/NC(=O)c1ccc(COc2cc(C)ccc2C(C)C)cc1. The molecule has 0 spiro atoms. The van der Waals surface area contributed by atoms with Crippen molar-refractivity contribution in [3.63, 3.8) is 0 Å². The van der Waals surface area contributed by atoms with Gasteiger partial charge in [-0.1, -0.05) is 38.1 Å². The van der Waals surface area contributed by atoms with Gasteiger partial charge in [-0.2, -0.15) is 5.10 Å². The first-order valence-electron chi connectivity index (χ1n) is 11.3. The van der Waals surface area contributed by atoms with E-state index in [0.29, 0.717) is 40.9 Å². The normalized spacial score (nSPS) is 10.9. The Morgan fingerprint density at radius 2 is 1.54 bits per heavy atom. The summed E-state index contributed by atoms with van der Waals surface area (Å²) in [6, 6.07) is 16.9. The third-order valence-corrected chi connectivity index (χ3v) is 5.51. The van der Waals surface area contributed by atoms with Crippen molar-refractivity contribution in [2.75, 3.05) is 21.3 Å². The van der Waals surface area contributed by atoms with E-state index in [2.05, 4.69) is 42.6 Å². The Labute approximate surface area is 206 Å². The zero-order valence-electron chi connectivity index (χ0n) is 21.0. The van der Waals surface area contributed by atoms with E-state index in [1.165, 1.54) is 11.8 Å². The summed E-state index contributed by atoms with van der Waals surface area (Å²) in [5, 5.41) is 4.06. The van der Waals surface area contributed by atoms with Gasteiger partial charge in [0, 0.05) is 17.2 Å². The highest BCUT2D eigenvalue weighted by Gasteiger charge is 2.12. The first kappa shape index (κ1) is 25.6. The average molecular weight is 477 g/mol. The molecule has 1 amide bonds. The molecule has 0 aliphatic carbocycles. The maximum absolute atomic E-state index is 12.5. The Bertz CT molecular complexity index is 1190. The number of ether oxygens (including phenoxy) is 4. The molecule has 35 heavy (non-hydrogen) atoms. The molecule has 0 aliphatic heterocycles. The van der Waals surface area contributed by atoms with Crippen molar-refractivity contribution in [1.82, 2.24) is 5.43 Å². The standard InChI is InChI=1S/C28H32N2O5/c1-18(2)23-12-7-19(3)13-25(23)35-17-20-8-10-21(11-9-20)28(31)30-29-16-22-14-26(33-5)27(34-6)15-24(22)32-4/h7-16,18H,17H2,1-6H3,(H,30,31)/b29-16+. The van der Waals surface area contributed by atoms with Crippen molar-refractivity contribution in [3.05, 3.63) is 82.4 Å². The predicted molar refractivity (Wildman–Crippen MR) is 137 cm³/mol. The van der Waals surface area contributed by atoms with Gasteiger partial charge in [-0.25, -0.2) is 5.43 Å². The van der Waals surface area contributed by atoms with Gasteiger partial charge in [0.1, 0.15) is 18.1 Å². The first-order chi connectivity index (χ1) is 16.9. The van der Waals surface area contributed by atoms with Crippen LogP contribution in [0.3, 0.4) is 0 Å². The lowest BCUT2D eigenvalue weighted by Crippen LogP contribution is -2.17. The van der Waals surface area contributed by atoms with Crippen LogP contribution in [0.1, 0.15) is 52.4 Å². The lowest BCUT2D eigenvalue weighted by Gasteiger charge is -2.15. The second kappa shape index (κ2) is 11.9. The number of aryl methyl sites for hydroxylation is 1. The minimum absolute atomic E-state index is 0.325. The molecule has 184 valence electrons. The zero-order chi connectivity index (χ0) is 25.4. The largest absolute Gasteiger partial charge is 0.496 e. The minimum Gasteiger partial charge on any atom is -0.496 e. The molecule has 0 aliphatic rings. The molecule has 0 aromatic heterocycles. The van der Waals surface area contributed by atoms with Crippen LogP contribution in [0, 0.1) is 6.92 Å². The minimum atomic E-state index is -0.325. The highest BCUT2D eigenvalue weighted by Crippen LogP contribution is 2.33. The molecule has 3 rings (SSSR count). The van der Waals surface area contributed by atoms with Crippen LogP contribution >= 0.6 is 0 Å². The number of hydrogen-bond acceptors (Lipinski definition) is 6. The van der Waals surface area contributed by atoms with E-state index in [9.17, 15) is 4.79 Å². The van der Waals surface area contributed by atoms with Gasteiger partial charge in [-0.05, 0) is 53.8 Å². The summed E-state index contributed by atoms with van der Waals surface area (Å²) >= 11 is 0. The predicted octanol–water partition coefficient (Wildman–Crippen LogP) is 5.49. The van der Waals surface area contributed by atoms with Crippen LogP contribution < -0.4 is 24.4 Å². The smallest absolute Gasteiger partial charge is 0.271 e. The van der Waals surface area contributed by atoms with Gasteiger partial charge in [-0.3, -0.25) is 4.79 Å². The molecule has 0 radical (unpaired) electrons. The second-order valence-corrected chi connectivity index (χ2v) is 8.33. The number of nitrogens with one attached hydrogen (secondary N) is 1. The van der Waals surface area contributed by atoms with Crippen LogP contribution in [-0.4, -0.2) is 33.5 Å². The Balaban J connectivity index is 1.63. The fourth-order valence-corrected chi connectivity index (χ4v) is 3.54. The summed E-state index contributed by atoms with van der Waals surface area (Å²) in [7, 11) is 4.64. The van der Waals surface area contributed by atoms with Gasteiger partial charge in [0.25, 0.3) is 5.91 Å². The van der Waals surface area contributed by atoms with Crippen LogP contribution in [0.2, 0.25) is 0 Å². The topological polar surface area (TPSA) is 78.4 Å². The van der Waals surface area contributed by atoms with Gasteiger partial charge < -0.3 is 18.9 Å². The number of carbonyl (C=O) groups excluding carboxylic acids is 1. The monoisotopic (exact) mass is 476 g/mol. The summed E-state index contributed by atoms with van der Waals surface area (Å²) < 4.78 is 22.1. The van der Waals surface area contributed by atoms with Crippen LogP contribution in [0.4, 0.5) is 0 Å². The van der Waals surface area contributed by atoms with Crippen LogP contribution in [0.5, 0.6) is 23.0 Å². The molecular weight excluding hydrogens is 444 g/mol. The third kappa shape index (κ3) is 6.53. The van der Waals surface area contributed by atoms with Crippen molar-refractivity contribution in [1.29, 1.82) is 0 Å². The maximum atomic E-state index is 12.5. The molecule has 0 unspecified atom stereocenters. The summed E-state index contributed by atoms with van der Waals surface area (Å²) in [4.78, 5) is 12.5. The number of rotatable bonds is 10. The van der Waals surface area contributed by atoms with Gasteiger partial charge in [0.15, 0.2) is 11.5 Å². The van der Waals surface area contributed by atoms with Crippen LogP contribution in [-0.2, 0) is 6.61 Å². The summed E-state index contributed by atoms with van der Waals surface area (Å²) in [5.41, 5.74) is 6.96. The number of methoxy groups -OCH3 is 3. The maximum Gasteiger partial charge on any atom is 0.271 e. The first-order valence-corrected chi connectivity index (χ1v) is 11.3. The highest BCUT2D eigenvalue weighted by molar-refractivity contribution is 5.95. The van der Waals surface area contributed by atoms with Gasteiger partial charge in [0.05, 0.1) is 27.5 Å². The molecule has 0 heterocycles. The summed E-state index contributed by atoms with van der Waals surface area (Å²) in [6.45, 7) is 6.76. The van der Waals surface area contributed by atoms with Gasteiger partial charge in [0.2, 0.25) is 0 Å². The number of hydrogen-bond donors (Lipinski definition) is 1. The van der Waals surface area contributed by atoms with Crippen molar-refractivity contribution in [3.8, 4) is 23.0 Å².